The maximum Gasteiger partial charge on any atom is 0.158 e. The summed E-state index contributed by atoms with van der Waals surface area (Å²) in [6.45, 7) is 6.07. The van der Waals surface area contributed by atoms with Gasteiger partial charge in [0.1, 0.15) is 0 Å². The molecule has 1 aliphatic rings. The van der Waals surface area contributed by atoms with E-state index in [1.165, 1.54) is 5.17 Å². The van der Waals surface area contributed by atoms with Crippen molar-refractivity contribution in [3.63, 3.8) is 0 Å². The van der Waals surface area contributed by atoms with Gasteiger partial charge in [0, 0.05) is 13.6 Å². The first-order valence-electron chi connectivity index (χ1n) is 3.64. The molecule has 0 amide bonds. The standard InChI is InChI=1S/C5H10N2S.C2H6/c1-7-4-3-6-5(7)8-2;1-2/h3-4H2,1-2H3;1-2H3. The van der Waals surface area contributed by atoms with E-state index in [9.17, 15) is 0 Å². The van der Waals surface area contributed by atoms with Crippen LogP contribution < -0.4 is 0 Å². The molecule has 3 heteroatoms. The summed E-state index contributed by atoms with van der Waals surface area (Å²) >= 11 is 1.72. The highest BCUT2D eigenvalue weighted by atomic mass is 32.2. The first kappa shape index (κ1) is 9.82. The maximum absolute atomic E-state index is 4.24. The molecule has 0 saturated heterocycles. The highest BCUT2D eigenvalue weighted by Gasteiger charge is 2.08. The molecule has 0 saturated carbocycles. The third-order valence-corrected chi connectivity index (χ3v) is 2.00. The molecule has 0 N–H and O–H groups in total. The second kappa shape index (κ2) is 5.59. The second-order valence-electron chi connectivity index (χ2n) is 1.79. The van der Waals surface area contributed by atoms with Crippen LogP contribution in [0.4, 0.5) is 0 Å². The molecule has 1 rings (SSSR count). The number of thioether (sulfide) groups is 1. The molecule has 0 radical (unpaired) electrons. The van der Waals surface area contributed by atoms with Crippen molar-refractivity contribution in [3.8, 4) is 0 Å². The Morgan fingerprint density at radius 1 is 1.50 bits per heavy atom. The van der Waals surface area contributed by atoms with E-state index in [4.69, 9.17) is 0 Å². The fourth-order valence-corrected chi connectivity index (χ4v) is 1.36. The first-order chi connectivity index (χ1) is 4.84. The minimum Gasteiger partial charge on any atom is -0.353 e. The number of hydrogen-bond acceptors (Lipinski definition) is 3. The van der Waals surface area contributed by atoms with Crippen LogP contribution in [0.5, 0.6) is 0 Å². The van der Waals surface area contributed by atoms with Crippen LogP contribution in [0.15, 0.2) is 4.99 Å². The van der Waals surface area contributed by atoms with E-state index < -0.39 is 0 Å². The van der Waals surface area contributed by atoms with Crippen molar-refractivity contribution in [2.45, 2.75) is 13.8 Å². The largest absolute Gasteiger partial charge is 0.353 e. The maximum atomic E-state index is 4.24. The van der Waals surface area contributed by atoms with E-state index >= 15 is 0 Å². The molecule has 0 bridgehead atoms. The molecule has 2 nitrogen and oxygen atoms in total. The normalized spacial score (nSPS) is 16.0. The van der Waals surface area contributed by atoms with Crippen LogP contribution in [0, 0.1) is 0 Å². The van der Waals surface area contributed by atoms with Crippen molar-refractivity contribution >= 4 is 16.9 Å². The lowest BCUT2D eigenvalue weighted by molar-refractivity contribution is 0.564. The van der Waals surface area contributed by atoms with Gasteiger partial charge in [-0.05, 0) is 6.26 Å². The molecule has 0 aromatic heterocycles. The van der Waals surface area contributed by atoms with Gasteiger partial charge in [0.2, 0.25) is 0 Å². The van der Waals surface area contributed by atoms with Gasteiger partial charge in [-0.25, -0.2) is 0 Å². The van der Waals surface area contributed by atoms with Crippen molar-refractivity contribution in [3.05, 3.63) is 0 Å². The molecule has 0 atom stereocenters. The molecule has 0 spiro atoms. The average Bonchev–Trinajstić information content (AvgIpc) is 2.39. The smallest absolute Gasteiger partial charge is 0.158 e. The zero-order chi connectivity index (χ0) is 7.98. The van der Waals surface area contributed by atoms with Gasteiger partial charge in [0.15, 0.2) is 5.17 Å². The average molecular weight is 160 g/mol. The summed E-state index contributed by atoms with van der Waals surface area (Å²) in [7, 11) is 2.07. The molecule has 60 valence electrons. The number of rotatable bonds is 0. The molecule has 1 heterocycles. The number of aliphatic imine (C=N–C) groups is 1. The van der Waals surface area contributed by atoms with Crippen LogP contribution in [0.3, 0.4) is 0 Å². The van der Waals surface area contributed by atoms with Gasteiger partial charge >= 0.3 is 0 Å². The molecule has 1 aliphatic heterocycles. The van der Waals surface area contributed by atoms with Crippen LogP contribution in [0.1, 0.15) is 13.8 Å². The minimum atomic E-state index is 0.979. The van der Waals surface area contributed by atoms with Gasteiger partial charge < -0.3 is 4.90 Å². The van der Waals surface area contributed by atoms with Gasteiger partial charge in [0.05, 0.1) is 6.54 Å². The van der Waals surface area contributed by atoms with Crippen molar-refractivity contribution in [1.29, 1.82) is 0 Å². The SMILES string of the molecule is CC.CSC1=NCCN1C. The third kappa shape index (κ3) is 2.60. The van der Waals surface area contributed by atoms with Gasteiger partial charge in [-0.15, -0.1) is 0 Å². The van der Waals surface area contributed by atoms with E-state index in [1.807, 2.05) is 13.8 Å². The first-order valence-corrected chi connectivity index (χ1v) is 4.86. The van der Waals surface area contributed by atoms with Crippen LogP contribution in [-0.2, 0) is 0 Å². The highest BCUT2D eigenvalue weighted by Crippen LogP contribution is 2.07. The minimum absolute atomic E-state index is 0.979. The van der Waals surface area contributed by atoms with E-state index in [1.54, 1.807) is 11.8 Å². The summed E-state index contributed by atoms with van der Waals surface area (Å²) in [6, 6.07) is 0. The predicted molar refractivity (Wildman–Crippen MR) is 49.8 cm³/mol. The lowest BCUT2D eigenvalue weighted by atomic mass is 10.6. The molecule has 0 fully saturated rings. The van der Waals surface area contributed by atoms with Crippen LogP contribution in [-0.4, -0.2) is 36.5 Å². The summed E-state index contributed by atoms with van der Waals surface area (Å²) in [5, 5.41) is 1.17. The molecule has 10 heavy (non-hydrogen) atoms. The Labute approximate surface area is 67.7 Å². The lowest BCUT2D eigenvalue weighted by Crippen LogP contribution is -2.19. The number of likely N-dealkylation sites (N-methyl/N-ethyl adjacent to an activating group) is 1. The summed E-state index contributed by atoms with van der Waals surface area (Å²) in [5.74, 6) is 0. The summed E-state index contributed by atoms with van der Waals surface area (Å²) in [5.41, 5.74) is 0. The third-order valence-electron chi connectivity index (χ3n) is 1.19. The van der Waals surface area contributed by atoms with E-state index in [-0.39, 0.29) is 0 Å². The molecule has 0 aromatic rings. The van der Waals surface area contributed by atoms with Gasteiger partial charge in [0.25, 0.3) is 0 Å². The highest BCUT2D eigenvalue weighted by molar-refractivity contribution is 8.13. The fourth-order valence-electron chi connectivity index (χ4n) is 0.732. The molecular weight excluding hydrogens is 144 g/mol. The van der Waals surface area contributed by atoms with Crippen LogP contribution in [0.2, 0.25) is 0 Å². The molecule has 0 aromatic carbocycles. The van der Waals surface area contributed by atoms with Gasteiger partial charge in [-0.2, -0.15) is 0 Å². The molecule has 0 unspecified atom stereocenters. The predicted octanol–water partition coefficient (Wildman–Crippen LogP) is 1.68. The molecular formula is C7H16N2S. The Bertz CT molecular complexity index is 112. The van der Waals surface area contributed by atoms with Crippen molar-refractivity contribution in [1.82, 2.24) is 4.90 Å². The Morgan fingerprint density at radius 2 is 2.10 bits per heavy atom. The molecule has 0 aliphatic carbocycles. The number of amidine groups is 1. The van der Waals surface area contributed by atoms with E-state index in [2.05, 4.69) is 23.2 Å². The monoisotopic (exact) mass is 160 g/mol. The van der Waals surface area contributed by atoms with Crippen LogP contribution >= 0.6 is 11.8 Å². The Balaban J connectivity index is 0.000000371. The number of nitrogens with zero attached hydrogens (tertiary/aromatic N) is 2. The lowest BCUT2D eigenvalue weighted by Gasteiger charge is -2.09. The Morgan fingerprint density at radius 3 is 2.30 bits per heavy atom. The Hall–Kier alpha value is -0.180. The zero-order valence-electron chi connectivity index (χ0n) is 7.22. The topological polar surface area (TPSA) is 15.6 Å². The van der Waals surface area contributed by atoms with Gasteiger partial charge in [-0.3, -0.25) is 4.99 Å². The second-order valence-corrected chi connectivity index (χ2v) is 2.56. The summed E-state index contributed by atoms with van der Waals surface area (Å²) in [6.07, 6.45) is 2.06. The van der Waals surface area contributed by atoms with Gasteiger partial charge in [-0.1, -0.05) is 25.6 Å². The fraction of sp³-hybridized carbons (Fsp3) is 0.857. The van der Waals surface area contributed by atoms with Crippen LogP contribution in [0.25, 0.3) is 0 Å². The van der Waals surface area contributed by atoms with Crippen molar-refractivity contribution in [2.24, 2.45) is 4.99 Å². The number of hydrogen-bond donors (Lipinski definition) is 0. The van der Waals surface area contributed by atoms with E-state index in [0.29, 0.717) is 0 Å². The summed E-state index contributed by atoms with van der Waals surface area (Å²) in [4.78, 5) is 6.41. The summed E-state index contributed by atoms with van der Waals surface area (Å²) < 4.78 is 0. The van der Waals surface area contributed by atoms with E-state index in [0.717, 1.165) is 13.1 Å². The quantitative estimate of drug-likeness (QED) is 0.536. The van der Waals surface area contributed by atoms with Crippen molar-refractivity contribution in [2.75, 3.05) is 26.4 Å². The van der Waals surface area contributed by atoms with Crippen molar-refractivity contribution < 1.29 is 0 Å². The zero-order valence-corrected chi connectivity index (χ0v) is 8.03. The Kier molecular flexibility index (Phi) is 5.49.